The normalized spacial score (nSPS) is 12.9. The lowest BCUT2D eigenvalue weighted by Gasteiger charge is -2.33. The number of amides is 1. The largest absolute Gasteiger partial charge is 0.332 e. The standard InChI is InChI=1S/C17H16BrCl3N2O/c1-23(11-12-5-3-2-4-6-12)16(17(19,20)21)22-15(24)13-7-9-14(18)10-8-13/h2-10,16H,11H2,1H3,(H,22,24)/t16-/m1/s1. The van der Waals surface area contributed by atoms with Crippen LogP contribution < -0.4 is 5.32 Å². The molecule has 0 spiro atoms. The van der Waals surface area contributed by atoms with Gasteiger partial charge < -0.3 is 5.32 Å². The van der Waals surface area contributed by atoms with Crippen molar-refractivity contribution in [1.82, 2.24) is 10.2 Å². The van der Waals surface area contributed by atoms with E-state index in [0.29, 0.717) is 12.1 Å². The van der Waals surface area contributed by atoms with Crippen LogP contribution in [0.3, 0.4) is 0 Å². The first-order valence-corrected chi connectivity index (χ1v) is 9.07. The molecule has 2 aromatic rings. The molecule has 24 heavy (non-hydrogen) atoms. The molecule has 2 aromatic carbocycles. The van der Waals surface area contributed by atoms with Crippen LogP contribution >= 0.6 is 50.7 Å². The maximum atomic E-state index is 12.4. The number of nitrogens with zero attached hydrogens (tertiary/aromatic N) is 1. The summed E-state index contributed by atoms with van der Waals surface area (Å²) in [6.45, 7) is 0.528. The average molecular weight is 451 g/mol. The average Bonchev–Trinajstić information content (AvgIpc) is 2.52. The quantitative estimate of drug-likeness (QED) is 0.513. The number of alkyl halides is 3. The Balaban J connectivity index is 2.13. The van der Waals surface area contributed by atoms with Gasteiger partial charge >= 0.3 is 0 Å². The Labute approximate surface area is 165 Å². The van der Waals surface area contributed by atoms with Crippen LogP contribution in [0.25, 0.3) is 0 Å². The molecule has 2 rings (SSSR count). The highest BCUT2D eigenvalue weighted by Crippen LogP contribution is 2.32. The van der Waals surface area contributed by atoms with E-state index in [0.717, 1.165) is 10.0 Å². The van der Waals surface area contributed by atoms with Crippen LogP contribution in [0.15, 0.2) is 59.1 Å². The van der Waals surface area contributed by atoms with Crippen LogP contribution in [0.2, 0.25) is 0 Å². The van der Waals surface area contributed by atoms with Crippen LogP contribution in [0.1, 0.15) is 15.9 Å². The van der Waals surface area contributed by atoms with Gasteiger partial charge in [-0.2, -0.15) is 0 Å². The monoisotopic (exact) mass is 448 g/mol. The molecule has 0 aliphatic carbocycles. The number of carbonyl (C=O) groups excluding carboxylic acids is 1. The summed E-state index contributed by atoms with van der Waals surface area (Å²) < 4.78 is -0.785. The van der Waals surface area contributed by atoms with Gasteiger partial charge in [-0.15, -0.1) is 0 Å². The van der Waals surface area contributed by atoms with Crippen molar-refractivity contribution in [2.75, 3.05) is 7.05 Å². The molecular weight excluding hydrogens is 434 g/mol. The van der Waals surface area contributed by atoms with E-state index < -0.39 is 9.96 Å². The summed E-state index contributed by atoms with van der Waals surface area (Å²) in [5.41, 5.74) is 1.54. The number of hydrogen-bond donors (Lipinski definition) is 1. The van der Waals surface area contributed by atoms with Crippen LogP contribution in [0.5, 0.6) is 0 Å². The van der Waals surface area contributed by atoms with Crippen molar-refractivity contribution >= 4 is 56.6 Å². The van der Waals surface area contributed by atoms with Crippen LogP contribution in [0.4, 0.5) is 0 Å². The maximum Gasteiger partial charge on any atom is 0.252 e. The topological polar surface area (TPSA) is 32.3 Å². The summed E-state index contributed by atoms with van der Waals surface area (Å²) in [5.74, 6) is -0.307. The van der Waals surface area contributed by atoms with Crippen molar-refractivity contribution in [3.05, 3.63) is 70.2 Å². The van der Waals surface area contributed by atoms with Gasteiger partial charge in [-0.3, -0.25) is 9.69 Å². The minimum atomic E-state index is -1.67. The molecule has 0 aliphatic rings. The highest BCUT2D eigenvalue weighted by molar-refractivity contribution is 9.10. The van der Waals surface area contributed by atoms with Crippen molar-refractivity contribution in [2.24, 2.45) is 0 Å². The van der Waals surface area contributed by atoms with E-state index in [4.69, 9.17) is 34.8 Å². The third-order valence-corrected chi connectivity index (χ3v) is 4.55. The van der Waals surface area contributed by atoms with E-state index >= 15 is 0 Å². The minimum absolute atomic E-state index is 0.307. The van der Waals surface area contributed by atoms with E-state index in [1.54, 1.807) is 36.2 Å². The fraction of sp³-hybridized carbons (Fsp3) is 0.235. The number of carbonyl (C=O) groups is 1. The van der Waals surface area contributed by atoms with Gasteiger partial charge in [0, 0.05) is 16.6 Å². The van der Waals surface area contributed by atoms with Crippen LogP contribution in [-0.4, -0.2) is 27.8 Å². The fourth-order valence-corrected chi connectivity index (χ4v) is 3.14. The Morgan fingerprint density at radius 2 is 1.71 bits per heavy atom. The lowest BCUT2D eigenvalue weighted by molar-refractivity contribution is 0.0869. The van der Waals surface area contributed by atoms with Gasteiger partial charge in [0.1, 0.15) is 6.17 Å². The van der Waals surface area contributed by atoms with E-state index in [2.05, 4.69) is 21.2 Å². The molecule has 0 heterocycles. The van der Waals surface area contributed by atoms with Gasteiger partial charge in [0.2, 0.25) is 3.79 Å². The molecular formula is C17H16BrCl3N2O. The number of halogens is 4. The second-order valence-electron chi connectivity index (χ2n) is 5.33. The van der Waals surface area contributed by atoms with Crippen molar-refractivity contribution in [3.8, 4) is 0 Å². The third-order valence-electron chi connectivity index (χ3n) is 3.40. The van der Waals surface area contributed by atoms with E-state index in [9.17, 15) is 4.79 Å². The molecule has 0 aliphatic heterocycles. The molecule has 1 N–H and O–H groups in total. The van der Waals surface area contributed by atoms with Crippen LogP contribution in [0, 0.1) is 0 Å². The molecule has 7 heteroatoms. The number of benzene rings is 2. The molecule has 0 saturated heterocycles. The zero-order chi connectivity index (χ0) is 17.7. The molecule has 0 unspecified atom stereocenters. The predicted octanol–water partition coefficient (Wildman–Crippen LogP) is 5.01. The van der Waals surface area contributed by atoms with Crippen molar-refractivity contribution in [3.63, 3.8) is 0 Å². The maximum absolute atomic E-state index is 12.4. The van der Waals surface area contributed by atoms with E-state index in [-0.39, 0.29) is 5.91 Å². The predicted molar refractivity (Wildman–Crippen MR) is 104 cm³/mol. The summed E-state index contributed by atoms with van der Waals surface area (Å²) >= 11 is 21.6. The first-order valence-electron chi connectivity index (χ1n) is 7.14. The Hall–Kier alpha value is -0.780. The van der Waals surface area contributed by atoms with Gasteiger partial charge in [0.25, 0.3) is 5.91 Å². The minimum Gasteiger partial charge on any atom is -0.332 e. The smallest absolute Gasteiger partial charge is 0.252 e. The molecule has 1 amide bonds. The van der Waals surface area contributed by atoms with Crippen molar-refractivity contribution in [2.45, 2.75) is 16.5 Å². The summed E-state index contributed by atoms with van der Waals surface area (Å²) in [6.07, 6.45) is -0.779. The molecule has 128 valence electrons. The van der Waals surface area contributed by atoms with Crippen molar-refractivity contribution < 1.29 is 4.79 Å². The Morgan fingerprint density at radius 1 is 1.12 bits per heavy atom. The van der Waals surface area contributed by atoms with Gasteiger partial charge in [-0.05, 0) is 36.9 Å². The van der Waals surface area contributed by atoms with Gasteiger partial charge in [0.05, 0.1) is 0 Å². The first kappa shape index (κ1) is 19.5. The number of rotatable bonds is 5. The molecule has 3 nitrogen and oxygen atoms in total. The van der Waals surface area contributed by atoms with Crippen molar-refractivity contribution in [1.29, 1.82) is 0 Å². The molecule has 0 bridgehead atoms. The third kappa shape index (κ3) is 5.64. The van der Waals surface area contributed by atoms with E-state index in [1.165, 1.54) is 0 Å². The van der Waals surface area contributed by atoms with Gasteiger partial charge in [0.15, 0.2) is 0 Å². The molecule has 0 fully saturated rings. The molecule has 0 saturated carbocycles. The Kier molecular flexibility index (Phi) is 6.96. The zero-order valence-electron chi connectivity index (χ0n) is 12.8. The lowest BCUT2D eigenvalue weighted by Crippen LogP contribution is -2.53. The second-order valence-corrected chi connectivity index (χ2v) is 8.61. The molecule has 0 radical (unpaired) electrons. The Morgan fingerprint density at radius 3 is 2.25 bits per heavy atom. The zero-order valence-corrected chi connectivity index (χ0v) is 16.7. The van der Waals surface area contributed by atoms with Gasteiger partial charge in [-0.25, -0.2) is 0 Å². The summed E-state index contributed by atoms with van der Waals surface area (Å²) in [5, 5.41) is 2.79. The lowest BCUT2D eigenvalue weighted by atomic mass is 10.2. The molecule has 0 aromatic heterocycles. The first-order chi connectivity index (χ1) is 11.3. The number of nitrogens with one attached hydrogen (secondary N) is 1. The summed E-state index contributed by atoms with van der Waals surface area (Å²) in [7, 11) is 1.79. The SMILES string of the molecule is CN(Cc1ccccc1)[C@@H](NC(=O)c1ccc(Br)cc1)C(Cl)(Cl)Cl. The summed E-state index contributed by atoms with van der Waals surface area (Å²) in [6, 6.07) is 16.7. The van der Waals surface area contributed by atoms with E-state index in [1.807, 2.05) is 30.3 Å². The second kappa shape index (κ2) is 8.54. The number of hydrogen-bond acceptors (Lipinski definition) is 2. The highest BCUT2D eigenvalue weighted by atomic mass is 79.9. The van der Waals surface area contributed by atoms with Crippen LogP contribution in [-0.2, 0) is 6.54 Å². The Bertz CT molecular complexity index is 674. The fourth-order valence-electron chi connectivity index (χ4n) is 2.21. The van der Waals surface area contributed by atoms with Gasteiger partial charge in [-0.1, -0.05) is 81.1 Å². The molecule has 1 atom stereocenters. The highest BCUT2D eigenvalue weighted by Gasteiger charge is 2.37. The summed E-state index contributed by atoms with van der Waals surface area (Å²) in [4.78, 5) is 14.2.